The molecule has 41 heavy (non-hydrogen) atoms. The Morgan fingerprint density at radius 2 is 1.73 bits per heavy atom. The van der Waals surface area contributed by atoms with Crippen molar-refractivity contribution in [2.75, 3.05) is 6.61 Å². The van der Waals surface area contributed by atoms with Crippen molar-refractivity contribution in [2.24, 2.45) is 5.41 Å². The molecule has 0 aliphatic heterocycles. The molecule has 11 heteroatoms. The van der Waals surface area contributed by atoms with Gasteiger partial charge in [0.05, 0.1) is 35.2 Å². The van der Waals surface area contributed by atoms with Crippen molar-refractivity contribution in [3.05, 3.63) is 77.4 Å². The summed E-state index contributed by atoms with van der Waals surface area (Å²) in [5.74, 6) is -0.883. The minimum absolute atomic E-state index is 0.0378. The Hall–Kier alpha value is -5.06. The first kappa shape index (κ1) is 27.5. The standard InChI is InChI=1S/C30H30N6O5/c1-5-40-29-31-24-20(17-41-28(39)30(2,3)4)14-15-23(27(37)38)25(24)36(29)16-18-10-12-19(13-11-18)21-8-6-7-9-22(21)26-32-34-35-33-26/h6-15H,5,16-17H2,1-4H3,(H,37,38)(H,32,33,34,35). The summed E-state index contributed by atoms with van der Waals surface area (Å²) in [6.45, 7) is 7.77. The second-order valence-electron chi connectivity index (χ2n) is 10.5. The van der Waals surface area contributed by atoms with Crippen LogP contribution in [0.1, 0.15) is 49.2 Å². The number of benzene rings is 3. The predicted octanol–water partition coefficient (Wildman–Crippen LogP) is 5.12. The van der Waals surface area contributed by atoms with Crippen LogP contribution in [0.4, 0.5) is 0 Å². The lowest BCUT2D eigenvalue weighted by Crippen LogP contribution is -2.22. The summed E-state index contributed by atoms with van der Waals surface area (Å²) >= 11 is 0. The number of H-pyrrole nitrogens is 1. The number of carbonyl (C=O) groups is 2. The highest BCUT2D eigenvalue weighted by Crippen LogP contribution is 2.32. The summed E-state index contributed by atoms with van der Waals surface area (Å²) in [4.78, 5) is 29.3. The molecule has 2 N–H and O–H groups in total. The topological polar surface area (TPSA) is 145 Å². The number of rotatable bonds is 9. The molecule has 5 rings (SSSR count). The predicted molar refractivity (Wildman–Crippen MR) is 151 cm³/mol. The lowest BCUT2D eigenvalue weighted by atomic mass is 9.97. The van der Waals surface area contributed by atoms with E-state index < -0.39 is 11.4 Å². The summed E-state index contributed by atoms with van der Waals surface area (Å²) in [7, 11) is 0. The number of carbonyl (C=O) groups excluding carboxylic acids is 1. The maximum absolute atomic E-state index is 12.4. The van der Waals surface area contributed by atoms with Crippen LogP contribution in [0.3, 0.4) is 0 Å². The molecule has 2 heterocycles. The lowest BCUT2D eigenvalue weighted by molar-refractivity contribution is -0.154. The number of esters is 1. The zero-order chi connectivity index (χ0) is 29.1. The minimum atomic E-state index is -1.09. The fourth-order valence-electron chi connectivity index (χ4n) is 4.49. The van der Waals surface area contributed by atoms with Crippen LogP contribution in [0.5, 0.6) is 6.01 Å². The van der Waals surface area contributed by atoms with Crippen molar-refractivity contribution >= 4 is 23.0 Å². The number of nitrogens with one attached hydrogen (secondary N) is 1. The third-order valence-electron chi connectivity index (χ3n) is 6.55. The summed E-state index contributed by atoms with van der Waals surface area (Å²) < 4.78 is 13.1. The molecular weight excluding hydrogens is 524 g/mol. The van der Waals surface area contributed by atoms with Crippen molar-refractivity contribution in [3.8, 4) is 28.5 Å². The van der Waals surface area contributed by atoms with Gasteiger partial charge in [-0.25, -0.2) is 9.89 Å². The number of tetrazole rings is 1. The number of fused-ring (bicyclic) bond motifs is 1. The Morgan fingerprint density at radius 3 is 2.37 bits per heavy atom. The summed E-state index contributed by atoms with van der Waals surface area (Å²) in [6.07, 6.45) is 0. The number of imidazole rings is 1. The van der Waals surface area contributed by atoms with Gasteiger partial charge >= 0.3 is 11.9 Å². The van der Waals surface area contributed by atoms with Crippen LogP contribution in [0.15, 0.2) is 60.7 Å². The van der Waals surface area contributed by atoms with E-state index in [2.05, 4.69) is 25.6 Å². The van der Waals surface area contributed by atoms with Gasteiger partial charge in [-0.3, -0.25) is 9.36 Å². The van der Waals surface area contributed by atoms with E-state index in [1.54, 1.807) is 31.4 Å². The number of nitrogens with zero attached hydrogens (tertiary/aromatic N) is 5. The van der Waals surface area contributed by atoms with E-state index in [-0.39, 0.29) is 24.2 Å². The third kappa shape index (κ3) is 5.65. The highest BCUT2D eigenvalue weighted by Gasteiger charge is 2.25. The van der Waals surface area contributed by atoms with E-state index >= 15 is 0 Å². The normalized spacial score (nSPS) is 11.5. The number of aromatic amines is 1. The molecule has 0 atom stereocenters. The Morgan fingerprint density at radius 1 is 1.00 bits per heavy atom. The van der Waals surface area contributed by atoms with Crippen LogP contribution in [0.25, 0.3) is 33.5 Å². The van der Waals surface area contributed by atoms with Gasteiger partial charge in [-0.15, -0.1) is 5.10 Å². The Balaban J connectivity index is 1.52. The van der Waals surface area contributed by atoms with Crippen LogP contribution in [-0.2, 0) is 22.7 Å². The van der Waals surface area contributed by atoms with Gasteiger partial charge in [0.25, 0.3) is 6.01 Å². The molecule has 0 saturated carbocycles. The molecule has 0 unspecified atom stereocenters. The van der Waals surface area contributed by atoms with Crippen LogP contribution >= 0.6 is 0 Å². The Bertz CT molecular complexity index is 1700. The smallest absolute Gasteiger partial charge is 0.337 e. The summed E-state index contributed by atoms with van der Waals surface area (Å²) in [5, 5.41) is 24.2. The Labute approximate surface area is 236 Å². The molecule has 11 nitrogen and oxygen atoms in total. The molecule has 210 valence electrons. The van der Waals surface area contributed by atoms with Gasteiger partial charge in [0.1, 0.15) is 6.61 Å². The molecular formula is C30H30N6O5. The van der Waals surface area contributed by atoms with Crippen molar-refractivity contribution in [2.45, 2.75) is 40.8 Å². The second-order valence-corrected chi connectivity index (χ2v) is 10.5. The molecule has 0 saturated heterocycles. The van der Waals surface area contributed by atoms with Gasteiger partial charge in [0.15, 0.2) is 5.82 Å². The van der Waals surface area contributed by atoms with Gasteiger partial charge in [-0.2, -0.15) is 4.98 Å². The van der Waals surface area contributed by atoms with E-state index in [4.69, 9.17) is 9.47 Å². The van der Waals surface area contributed by atoms with Gasteiger partial charge in [-0.05, 0) is 60.9 Å². The third-order valence-corrected chi connectivity index (χ3v) is 6.55. The van der Waals surface area contributed by atoms with Crippen molar-refractivity contribution in [3.63, 3.8) is 0 Å². The maximum Gasteiger partial charge on any atom is 0.337 e. The lowest BCUT2D eigenvalue weighted by Gasteiger charge is -2.17. The average Bonchev–Trinajstić information content (AvgIpc) is 3.61. The monoisotopic (exact) mass is 554 g/mol. The zero-order valence-electron chi connectivity index (χ0n) is 23.2. The molecule has 5 aromatic rings. The molecule has 0 aliphatic rings. The zero-order valence-corrected chi connectivity index (χ0v) is 23.2. The summed E-state index contributed by atoms with van der Waals surface area (Å²) in [6, 6.07) is 19.2. The fraction of sp³-hybridized carbons (Fsp3) is 0.267. The van der Waals surface area contributed by atoms with E-state index in [9.17, 15) is 14.7 Å². The number of carboxylic acid groups (broad SMARTS) is 1. The van der Waals surface area contributed by atoms with E-state index in [0.29, 0.717) is 35.6 Å². The minimum Gasteiger partial charge on any atom is -0.478 e. The first-order valence-corrected chi connectivity index (χ1v) is 13.1. The molecule has 2 aromatic heterocycles. The number of hydrogen-bond donors (Lipinski definition) is 2. The number of ether oxygens (including phenoxy) is 2. The Kier molecular flexibility index (Phi) is 7.52. The van der Waals surface area contributed by atoms with Gasteiger partial charge < -0.3 is 14.6 Å². The summed E-state index contributed by atoms with van der Waals surface area (Å²) in [5.41, 5.74) is 4.53. The molecule has 0 bridgehead atoms. The second kappa shape index (κ2) is 11.2. The van der Waals surface area contributed by atoms with Crippen LogP contribution in [0, 0.1) is 5.41 Å². The van der Waals surface area contributed by atoms with Crippen LogP contribution < -0.4 is 4.74 Å². The van der Waals surface area contributed by atoms with Crippen LogP contribution in [-0.4, -0.2) is 53.8 Å². The van der Waals surface area contributed by atoms with Gasteiger partial charge in [0, 0.05) is 11.1 Å². The van der Waals surface area contributed by atoms with Gasteiger partial charge in [0.2, 0.25) is 0 Å². The number of hydrogen-bond acceptors (Lipinski definition) is 8. The maximum atomic E-state index is 12.4. The van der Waals surface area contributed by atoms with Crippen molar-refractivity contribution in [1.82, 2.24) is 30.2 Å². The quantitative estimate of drug-likeness (QED) is 0.237. The molecule has 0 fully saturated rings. The number of carboxylic acids is 1. The average molecular weight is 555 g/mol. The van der Waals surface area contributed by atoms with E-state index in [1.165, 1.54) is 6.07 Å². The SMILES string of the molecule is CCOc1nc2c(COC(=O)C(C)(C)C)ccc(C(=O)O)c2n1Cc1ccc(-c2ccccc2-c2nnn[nH]2)cc1. The van der Waals surface area contributed by atoms with Crippen molar-refractivity contribution < 1.29 is 24.2 Å². The first-order chi connectivity index (χ1) is 19.7. The van der Waals surface area contributed by atoms with Crippen molar-refractivity contribution in [1.29, 1.82) is 0 Å². The van der Waals surface area contributed by atoms with E-state index in [0.717, 1.165) is 22.3 Å². The number of aromatic carboxylic acids is 1. The van der Waals surface area contributed by atoms with Crippen LogP contribution in [0.2, 0.25) is 0 Å². The van der Waals surface area contributed by atoms with Gasteiger partial charge in [-0.1, -0.05) is 54.6 Å². The van der Waals surface area contributed by atoms with E-state index in [1.807, 2.05) is 55.5 Å². The molecule has 0 aliphatic carbocycles. The molecule has 3 aromatic carbocycles. The highest BCUT2D eigenvalue weighted by atomic mass is 16.5. The molecule has 0 radical (unpaired) electrons. The first-order valence-electron chi connectivity index (χ1n) is 13.1. The fourth-order valence-corrected chi connectivity index (χ4v) is 4.49. The number of aromatic nitrogens is 6. The molecule has 0 spiro atoms. The largest absolute Gasteiger partial charge is 0.478 e. The highest BCUT2D eigenvalue weighted by molar-refractivity contribution is 6.02. The molecule has 0 amide bonds.